The van der Waals surface area contributed by atoms with E-state index in [1.54, 1.807) is 16.7 Å². The molecule has 0 spiro atoms. The number of carbonyl (C=O) groups is 1. The van der Waals surface area contributed by atoms with Gasteiger partial charge in [-0.3, -0.25) is 4.79 Å². The number of nitrogens with zero attached hydrogens (tertiary/aromatic N) is 1. The highest BCUT2D eigenvalue weighted by molar-refractivity contribution is 7.98. The molecule has 0 heterocycles. The molecular formula is C16H26N2OS. The van der Waals surface area contributed by atoms with Gasteiger partial charge in [0.2, 0.25) is 5.91 Å². The molecule has 0 bridgehead atoms. The van der Waals surface area contributed by atoms with Gasteiger partial charge in [-0.2, -0.15) is 11.8 Å². The minimum Gasteiger partial charge on any atom is -0.344 e. The molecule has 0 aliphatic rings. The van der Waals surface area contributed by atoms with Crippen LogP contribution in [0.1, 0.15) is 24.8 Å². The summed E-state index contributed by atoms with van der Waals surface area (Å²) < 4.78 is 0. The number of nitrogens with two attached hydrogens (primary N) is 1. The van der Waals surface area contributed by atoms with Crippen LogP contribution in [-0.4, -0.2) is 42.4 Å². The molecular weight excluding hydrogens is 268 g/mol. The smallest absolute Gasteiger partial charge is 0.239 e. The van der Waals surface area contributed by atoms with Crippen molar-refractivity contribution < 1.29 is 4.79 Å². The van der Waals surface area contributed by atoms with Crippen molar-refractivity contribution in [1.29, 1.82) is 0 Å². The van der Waals surface area contributed by atoms with Gasteiger partial charge < -0.3 is 10.6 Å². The Morgan fingerprint density at radius 1 is 1.30 bits per heavy atom. The maximum Gasteiger partial charge on any atom is 0.239 e. The van der Waals surface area contributed by atoms with Gasteiger partial charge >= 0.3 is 0 Å². The number of aryl methyl sites for hydroxylation is 1. The van der Waals surface area contributed by atoms with Crippen LogP contribution in [0.2, 0.25) is 0 Å². The molecule has 4 heteroatoms. The zero-order valence-corrected chi connectivity index (χ0v) is 13.4. The molecule has 0 radical (unpaired) electrons. The molecule has 1 rings (SSSR count). The molecule has 0 aromatic heterocycles. The Morgan fingerprint density at radius 3 is 2.65 bits per heavy atom. The standard InChI is InChI=1S/C16H26N2OS/c1-18(16(19)15(17)11-13-20-2)12-7-6-10-14-8-4-3-5-9-14/h3-5,8-9,15H,6-7,10-13,17H2,1-2H3/t15-/m0/s1. The van der Waals surface area contributed by atoms with Gasteiger partial charge in [0.15, 0.2) is 0 Å². The molecule has 3 nitrogen and oxygen atoms in total. The van der Waals surface area contributed by atoms with E-state index in [9.17, 15) is 4.79 Å². The average Bonchev–Trinajstić information content (AvgIpc) is 2.49. The van der Waals surface area contributed by atoms with Crippen molar-refractivity contribution in [3.05, 3.63) is 35.9 Å². The Balaban J connectivity index is 2.19. The highest BCUT2D eigenvalue weighted by Gasteiger charge is 2.16. The SMILES string of the molecule is CSCC[C@H](N)C(=O)N(C)CCCCc1ccccc1. The molecule has 20 heavy (non-hydrogen) atoms. The number of amides is 1. The summed E-state index contributed by atoms with van der Waals surface area (Å²) in [6.45, 7) is 0.790. The molecule has 0 fully saturated rings. The van der Waals surface area contributed by atoms with Gasteiger partial charge in [0.1, 0.15) is 0 Å². The van der Waals surface area contributed by atoms with Crippen LogP contribution < -0.4 is 5.73 Å². The molecule has 0 saturated heterocycles. The number of hydrogen-bond donors (Lipinski definition) is 1. The van der Waals surface area contributed by atoms with E-state index in [2.05, 4.69) is 24.3 Å². The third kappa shape index (κ3) is 6.44. The lowest BCUT2D eigenvalue weighted by molar-refractivity contribution is -0.131. The zero-order chi connectivity index (χ0) is 14.8. The maximum absolute atomic E-state index is 12.0. The van der Waals surface area contributed by atoms with E-state index < -0.39 is 0 Å². The highest BCUT2D eigenvalue weighted by atomic mass is 32.2. The predicted molar refractivity (Wildman–Crippen MR) is 88.0 cm³/mol. The molecule has 0 aliphatic carbocycles. The number of thioether (sulfide) groups is 1. The molecule has 1 atom stereocenters. The minimum absolute atomic E-state index is 0.0683. The lowest BCUT2D eigenvalue weighted by Crippen LogP contribution is -2.42. The van der Waals surface area contributed by atoms with Crippen LogP contribution in [0.3, 0.4) is 0 Å². The molecule has 1 aromatic rings. The number of likely N-dealkylation sites (N-methyl/N-ethyl adjacent to an activating group) is 1. The Kier molecular flexibility index (Phi) is 8.38. The number of unbranched alkanes of at least 4 members (excludes halogenated alkanes) is 1. The highest BCUT2D eigenvalue weighted by Crippen LogP contribution is 2.06. The van der Waals surface area contributed by atoms with Crippen LogP contribution in [0.15, 0.2) is 30.3 Å². The summed E-state index contributed by atoms with van der Waals surface area (Å²) in [6, 6.07) is 10.1. The van der Waals surface area contributed by atoms with Crippen molar-refractivity contribution in [3.8, 4) is 0 Å². The second-order valence-corrected chi connectivity index (χ2v) is 6.08. The average molecular weight is 294 g/mol. The van der Waals surface area contributed by atoms with Crippen LogP contribution in [0.4, 0.5) is 0 Å². The third-order valence-corrected chi connectivity index (χ3v) is 4.02. The van der Waals surface area contributed by atoms with E-state index in [-0.39, 0.29) is 11.9 Å². The lowest BCUT2D eigenvalue weighted by Gasteiger charge is -2.21. The molecule has 0 saturated carbocycles. The summed E-state index contributed by atoms with van der Waals surface area (Å²) in [4.78, 5) is 13.8. The summed E-state index contributed by atoms with van der Waals surface area (Å²) in [5.74, 6) is 1.01. The monoisotopic (exact) mass is 294 g/mol. The van der Waals surface area contributed by atoms with Gasteiger partial charge in [0, 0.05) is 13.6 Å². The second kappa shape index (κ2) is 9.83. The molecule has 1 aromatic carbocycles. The van der Waals surface area contributed by atoms with E-state index in [1.165, 1.54) is 5.56 Å². The number of benzene rings is 1. The predicted octanol–water partition coefficient (Wildman–Crippen LogP) is 2.55. The fourth-order valence-corrected chi connectivity index (χ4v) is 2.57. The summed E-state index contributed by atoms with van der Waals surface area (Å²) in [5.41, 5.74) is 7.25. The van der Waals surface area contributed by atoms with Crippen LogP contribution in [0, 0.1) is 0 Å². The minimum atomic E-state index is -0.346. The van der Waals surface area contributed by atoms with E-state index in [0.717, 1.165) is 38.0 Å². The zero-order valence-electron chi connectivity index (χ0n) is 12.5. The fraction of sp³-hybridized carbons (Fsp3) is 0.562. The largest absolute Gasteiger partial charge is 0.344 e. The molecule has 0 aliphatic heterocycles. The first-order chi connectivity index (χ1) is 9.65. The summed E-state index contributed by atoms with van der Waals surface area (Å²) >= 11 is 1.73. The third-order valence-electron chi connectivity index (χ3n) is 3.38. The Labute approximate surface area is 126 Å². The number of carbonyl (C=O) groups excluding carboxylic acids is 1. The normalized spacial score (nSPS) is 12.2. The van der Waals surface area contributed by atoms with Crippen LogP contribution in [0.25, 0.3) is 0 Å². The molecule has 1 amide bonds. The van der Waals surface area contributed by atoms with Gasteiger partial charge in [0.05, 0.1) is 6.04 Å². The van der Waals surface area contributed by atoms with E-state index >= 15 is 0 Å². The van der Waals surface area contributed by atoms with Crippen molar-refractivity contribution in [2.45, 2.75) is 31.7 Å². The summed E-state index contributed by atoms with van der Waals surface area (Å²) in [6.07, 6.45) is 5.98. The summed E-state index contributed by atoms with van der Waals surface area (Å²) in [5, 5.41) is 0. The second-order valence-electron chi connectivity index (χ2n) is 5.09. The van der Waals surface area contributed by atoms with Gasteiger partial charge in [-0.1, -0.05) is 30.3 Å². The fourth-order valence-electron chi connectivity index (χ4n) is 2.08. The Morgan fingerprint density at radius 2 is 2.00 bits per heavy atom. The quantitative estimate of drug-likeness (QED) is 0.712. The molecule has 112 valence electrons. The van der Waals surface area contributed by atoms with Crippen molar-refractivity contribution >= 4 is 17.7 Å². The van der Waals surface area contributed by atoms with E-state index in [1.807, 2.05) is 19.4 Å². The maximum atomic E-state index is 12.0. The van der Waals surface area contributed by atoms with Crippen LogP contribution in [-0.2, 0) is 11.2 Å². The van der Waals surface area contributed by atoms with Gasteiger partial charge in [-0.15, -0.1) is 0 Å². The number of hydrogen-bond acceptors (Lipinski definition) is 3. The first-order valence-corrected chi connectivity index (χ1v) is 8.58. The van der Waals surface area contributed by atoms with Crippen LogP contribution >= 0.6 is 11.8 Å². The van der Waals surface area contributed by atoms with Gasteiger partial charge in [-0.05, 0) is 43.3 Å². The van der Waals surface area contributed by atoms with Gasteiger partial charge in [0.25, 0.3) is 0 Å². The van der Waals surface area contributed by atoms with Crippen molar-refractivity contribution in [2.24, 2.45) is 5.73 Å². The van der Waals surface area contributed by atoms with E-state index in [0.29, 0.717) is 0 Å². The molecule has 0 unspecified atom stereocenters. The first kappa shape index (κ1) is 17.1. The van der Waals surface area contributed by atoms with Crippen molar-refractivity contribution in [3.63, 3.8) is 0 Å². The Bertz CT molecular complexity index is 383. The molecule has 2 N–H and O–H groups in total. The van der Waals surface area contributed by atoms with Crippen molar-refractivity contribution in [2.75, 3.05) is 25.6 Å². The van der Waals surface area contributed by atoms with Crippen molar-refractivity contribution in [1.82, 2.24) is 4.90 Å². The van der Waals surface area contributed by atoms with E-state index in [4.69, 9.17) is 5.73 Å². The summed E-state index contributed by atoms with van der Waals surface area (Å²) in [7, 11) is 1.85. The topological polar surface area (TPSA) is 46.3 Å². The first-order valence-electron chi connectivity index (χ1n) is 7.18. The lowest BCUT2D eigenvalue weighted by atomic mass is 10.1. The Hall–Kier alpha value is -1.00. The van der Waals surface area contributed by atoms with Gasteiger partial charge in [-0.25, -0.2) is 0 Å². The van der Waals surface area contributed by atoms with Crippen LogP contribution in [0.5, 0.6) is 0 Å². The number of rotatable bonds is 9.